The summed E-state index contributed by atoms with van der Waals surface area (Å²) in [6, 6.07) is 0.124. The lowest BCUT2D eigenvalue weighted by atomic mass is 10.0. The first-order valence-corrected chi connectivity index (χ1v) is 6.47. The van der Waals surface area contributed by atoms with E-state index in [1.165, 1.54) is 0 Å². The van der Waals surface area contributed by atoms with E-state index < -0.39 is 11.6 Å². The zero-order valence-corrected chi connectivity index (χ0v) is 11.4. The van der Waals surface area contributed by atoms with Gasteiger partial charge in [-0.3, -0.25) is 4.79 Å². The average Bonchev–Trinajstić information content (AvgIpc) is 2.59. The molecular weight excluding hydrogens is 234 g/mol. The van der Waals surface area contributed by atoms with Crippen LogP contribution in [0.15, 0.2) is 0 Å². The number of carbonyl (C=O) groups is 2. The summed E-state index contributed by atoms with van der Waals surface area (Å²) in [7, 11) is 0. The summed E-state index contributed by atoms with van der Waals surface area (Å²) in [4.78, 5) is 22.0. The quantitative estimate of drug-likeness (QED) is 0.811. The predicted octanol–water partition coefficient (Wildman–Crippen LogP) is 2.54. The van der Waals surface area contributed by atoms with Gasteiger partial charge in [0.2, 0.25) is 0 Å². The van der Waals surface area contributed by atoms with Gasteiger partial charge in [0.25, 0.3) is 0 Å². The number of hydrogen-bond acceptors (Lipinski definition) is 3. The molecule has 0 aromatic heterocycles. The van der Waals surface area contributed by atoms with Crippen molar-refractivity contribution in [3.63, 3.8) is 0 Å². The number of carbonyl (C=O) groups excluding carboxylic acids is 1. The van der Waals surface area contributed by atoms with Crippen molar-refractivity contribution in [1.29, 1.82) is 0 Å². The molecule has 1 aliphatic rings. The molecule has 0 aromatic rings. The van der Waals surface area contributed by atoms with Crippen molar-refractivity contribution in [2.24, 2.45) is 5.92 Å². The van der Waals surface area contributed by atoms with Crippen LogP contribution in [0.1, 0.15) is 52.9 Å². The molecule has 0 radical (unpaired) electrons. The number of nitrogens with one attached hydrogen (secondary N) is 1. The molecule has 1 fully saturated rings. The third-order valence-electron chi connectivity index (χ3n) is 3.03. The van der Waals surface area contributed by atoms with Crippen LogP contribution in [0, 0.1) is 5.92 Å². The summed E-state index contributed by atoms with van der Waals surface area (Å²) in [5, 5.41) is 11.5. The Hall–Kier alpha value is -1.26. The molecule has 0 spiro atoms. The van der Waals surface area contributed by atoms with E-state index in [0.29, 0.717) is 12.3 Å². The van der Waals surface area contributed by atoms with Crippen LogP contribution in [0.4, 0.5) is 4.79 Å². The Labute approximate surface area is 108 Å². The van der Waals surface area contributed by atoms with Crippen molar-refractivity contribution in [3.8, 4) is 0 Å². The van der Waals surface area contributed by atoms with Gasteiger partial charge in [0.15, 0.2) is 0 Å². The van der Waals surface area contributed by atoms with E-state index >= 15 is 0 Å². The Morgan fingerprint density at radius 3 is 2.56 bits per heavy atom. The first-order chi connectivity index (χ1) is 8.26. The summed E-state index contributed by atoms with van der Waals surface area (Å²) in [6.45, 7) is 5.49. The van der Waals surface area contributed by atoms with Crippen molar-refractivity contribution >= 4 is 12.1 Å². The van der Waals surface area contributed by atoms with Gasteiger partial charge in [0, 0.05) is 12.5 Å². The molecule has 18 heavy (non-hydrogen) atoms. The minimum Gasteiger partial charge on any atom is -0.481 e. The third kappa shape index (κ3) is 5.89. The predicted molar refractivity (Wildman–Crippen MR) is 67.4 cm³/mol. The largest absolute Gasteiger partial charge is 0.481 e. The number of carboxylic acid groups (broad SMARTS) is 1. The molecule has 0 bridgehead atoms. The van der Waals surface area contributed by atoms with Crippen LogP contribution in [-0.4, -0.2) is 28.8 Å². The van der Waals surface area contributed by atoms with Crippen LogP contribution in [-0.2, 0) is 9.53 Å². The van der Waals surface area contributed by atoms with Crippen molar-refractivity contribution in [2.45, 2.75) is 64.5 Å². The van der Waals surface area contributed by atoms with E-state index in [1.807, 2.05) is 20.8 Å². The van der Waals surface area contributed by atoms with Gasteiger partial charge in [0.1, 0.15) is 5.60 Å². The normalized spacial score (nSPS) is 23.7. The molecule has 0 heterocycles. The van der Waals surface area contributed by atoms with Crippen LogP contribution < -0.4 is 5.32 Å². The molecule has 0 aromatic carbocycles. The maximum Gasteiger partial charge on any atom is 0.407 e. The Kier molecular flexibility index (Phi) is 4.99. The number of aliphatic carboxylic acids is 1. The second-order valence-corrected chi connectivity index (χ2v) is 5.95. The highest BCUT2D eigenvalue weighted by molar-refractivity contribution is 5.68. The van der Waals surface area contributed by atoms with Crippen molar-refractivity contribution in [1.82, 2.24) is 5.32 Å². The summed E-state index contributed by atoms with van der Waals surface area (Å²) in [6.07, 6.45) is 3.27. The van der Waals surface area contributed by atoms with E-state index in [4.69, 9.17) is 9.84 Å². The number of amides is 1. The van der Waals surface area contributed by atoms with Gasteiger partial charge in [-0.1, -0.05) is 0 Å². The highest BCUT2D eigenvalue weighted by atomic mass is 16.6. The number of hydrogen-bond donors (Lipinski definition) is 2. The molecule has 1 saturated carbocycles. The summed E-state index contributed by atoms with van der Waals surface area (Å²) < 4.78 is 5.19. The maximum atomic E-state index is 11.6. The Morgan fingerprint density at radius 1 is 1.33 bits per heavy atom. The fourth-order valence-electron chi connectivity index (χ4n) is 2.27. The Balaban J connectivity index is 2.26. The second kappa shape index (κ2) is 6.07. The van der Waals surface area contributed by atoms with Crippen LogP contribution in [0.2, 0.25) is 0 Å². The number of ether oxygens (including phenoxy) is 1. The van der Waals surface area contributed by atoms with Crippen molar-refractivity contribution in [3.05, 3.63) is 0 Å². The van der Waals surface area contributed by atoms with Gasteiger partial charge in [-0.05, 0) is 52.4 Å². The van der Waals surface area contributed by atoms with Crippen LogP contribution in [0.3, 0.4) is 0 Å². The molecule has 1 amide bonds. The molecule has 2 unspecified atom stereocenters. The molecule has 2 atom stereocenters. The molecule has 0 aliphatic heterocycles. The average molecular weight is 257 g/mol. The summed E-state index contributed by atoms with van der Waals surface area (Å²) in [5.74, 6) is -0.348. The van der Waals surface area contributed by atoms with Gasteiger partial charge in [0.05, 0.1) is 0 Å². The molecule has 0 saturated heterocycles. The summed E-state index contributed by atoms with van der Waals surface area (Å²) in [5.41, 5.74) is -0.481. The third-order valence-corrected chi connectivity index (χ3v) is 3.03. The van der Waals surface area contributed by atoms with E-state index in [1.54, 1.807) is 0 Å². The Morgan fingerprint density at radius 2 is 2.00 bits per heavy atom. The van der Waals surface area contributed by atoms with Gasteiger partial charge in [-0.15, -0.1) is 0 Å². The molecular formula is C13H23NO4. The molecule has 5 nitrogen and oxygen atoms in total. The SMILES string of the molecule is CC(C)(C)OC(=O)NC1CCC(CCC(=O)O)C1. The first kappa shape index (κ1) is 14.8. The fraction of sp³-hybridized carbons (Fsp3) is 0.846. The highest BCUT2D eigenvalue weighted by Gasteiger charge is 2.27. The molecule has 5 heteroatoms. The van der Waals surface area contributed by atoms with Gasteiger partial charge < -0.3 is 15.2 Å². The monoisotopic (exact) mass is 257 g/mol. The van der Waals surface area contributed by atoms with E-state index in [-0.39, 0.29) is 18.6 Å². The topological polar surface area (TPSA) is 75.6 Å². The van der Waals surface area contributed by atoms with Crippen molar-refractivity contribution < 1.29 is 19.4 Å². The van der Waals surface area contributed by atoms with Gasteiger partial charge in [-0.2, -0.15) is 0 Å². The maximum absolute atomic E-state index is 11.6. The van der Waals surface area contributed by atoms with Gasteiger partial charge >= 0.3 is 12.1 Å². The molecule has 1 aliphatic carbocycles. The van der Waals surface area contributed by atoms with Gasteiger partial charge in [-0.25, -0.2) is 4.79 Å². The lowest BCUT2D eigenvalue weighted by molar-refractivity contribution is -0.137. The van der Waals surface area contributed by atoms with E-state index in [9.17, 15) is 9.59 Å². The molecule has 104 valence electrons. The lowest BCUT2D eigenvalue weighted by Gasteiger charge is -2.21. The second-order valence-electron chi connectivity index (χ2n) is 5.95. The summed E-state index contributed by atoms with van der Waals surface area (Å²) >= 11 is 0. The lowest BCUT2D eigenvalue weighted by Crippen LogP contribution is -2.37. The highest BCUT2D eigenvalue weighted by Crippen LogP contribution is 2.29. The minimum atomic E-state index is -0.751. The fourth-order valence-corrected chi connectivity index (χ4v) is 2.27. The molecule has 1 rings (SSSR count). The number of carboxylic acids is 1. The van der Waals surface area contributed by atoms with E-state index in [0.717, 1.165) is 19.3 Å². The van der Waals surface area contributed by atoms with E-state index in [2.05, 4.69) is 5.32 Å². The standard InChI is InChI=1S/C13H23NO4/c1-13(2,3)18-12(17)14-10-6-4-9(8-10)5-7-11(15)16/h9-10H,4-8H2,1-3H3,(H,14,17)(H,15,16). The number of alkyl carbamates (subject to hydrolysis) is 1. The first-order valence-electron chi connectivity index (χ1n) is 6.47. The molecule has 2 N–H and O–H groups in total. The minimum absolute atomic E-state index is 0.124. The zero-order chi connectivity index (χ0) is 13.8. The Bertz CT molecular complexity index is 309. The van der Waals surface area contributed by atoms with Crippen molar-refractivity contribution in [2.75, 3.05) is 0 Å². The van der Waals surface area contributed by atoms with Crippen LogP contribution in [0.5, 0.6) is 0 Å². The van der Waals surface area contributed by atoms with Crippen LogP contribution in [0.25, 0.3) is 0 Å². The van der Waals surface area contributed by atoms with Crippen LogP contribution >= 0.6 is 0 Å². The zero-order valence-electron chi connectivity index (χ0n) is 11.4. The number of rotatable bonds is 4. The smallest absolute Gasteiger partial charge is 0.407 e.